The first-order valence-electron chi connectivity index (χ1n) is 6.87. The van der Waals surface area contributed by atoms with Crippen LogP contribution in [0.2, 0.25) is 0 Å². The third-order valence-electron chi connectivity index (χ3n) is 3.40. The van der Waals surface area contributed by atoms with Crippen LogP contribution in [0.15, 0.2) is 24.3 Å². The molecular weight excluding hydrogens is 308 g/mol. The van der Waals surface area contributed by atoms with Crippen LogP contribution in [-0.2, 0) is 11.3 Å². The molecule has 118 valence electrons. The second kappa shape index (κ2) is 9.18. The molecule has 2 rings (SSSR count). The molecule has 1 unspecified atom stereocenters. The number of hydrogen-bond donors (Lipinski definition) is 1. The molecule has 21 heavy (non-hydrogen) atoms. The van der Waals surface area contributed by atoms with Crippen LogP contribution in [0, 0.1) is 0 Å². The van der Waals surface area contributed by atoms with Crippen molar-refractivity contribution in [3.8, 4) is 5.75 Å². The Balaban J connectivity index is 0.00000220. The number of amides is 1. The topological polar surface area (TPSA) is 41.6 Å². The minimum Gasteiger partial charge on any atom is -0.497 e. The number of nitrogens with one attached hydrogen (secondary N) is 1. The van der Waals surface area contributed by atoms with E-state index in [-0.39, 0.29) is 18.3 Å². The van der Waals surface area contributed by atoms with E-state index in [2.05, 4.69) is 5.32 Å². The Morgan fingerprint density at radius 1 is 1.52 bits per heavy atom. The summed E-state index contributed by atoms with van der Waals surface area (Å²) in [6, 6.07) is 8.16. The van der Waals surface area contributed by atoms with Crippen molar-refractivity contribution in [2.75, 3.05) is 32.2 Å². The number of carbonyl (C=O) groups excluding carboxylic acids is 1. The van der Waals surface area contributed by atoms with Gasteiger partial charge in [-0.2, -0.15) is 11.8 Å². The summed E-state index contributed by atoms with van der Waals surface area (Å²) in [7, 11) is 3.51. The van der Waals surface area contributed by atoms with Crippen molar-refractivity contribution in [1.29, 1.82) is 0 Å². The molecule has 1 aliphatic heterocycles. The van der Waals surface area contributed by atoms with Gasteiger partial charge >= 0.3 is 0 Å². The van der Waals surface area contributed by atoms with Crippen LogP contribution in [0.3, 0.4) is 0 Å². The van der Waals surface area contributed by atoms with Gasteiger partial charge in [-0.3, -0.25) is 4.79 Å². The number of carbonyl (C=O) groups is 1. The first-order chi connectivity index (χ1) is 9.69. The molecule has 0 bridgehead atoms. The van der Waals surface area contributed by atoms with Crippen LogP contribution in [0.5, 0.6) is 5.75 Å². The van der Waals surface area contributed by atoms with E-state index in [0.29, 0.717) is 19.0 Å². The zero-order valence-electron chi connectivity index (χ0n) is 12.5. The third kappa shape index (κ3) is 5.77. The van der Waals surface area contributed by atoms with Crippen molar-refractivity contribution in [3.63, 3.8) is 0 Å². The van der Waals surface area contributed by atoms with Gasteiger partial charge in [0.2, 0.25) is 5.91 Å². The van der Waals surface area contributed by atoms with Gasteiger partial charge in [-0.1, -0.05) is 12.1 Å². The molecule has 1 aromatic carbocycles. The fourth-order valence-electron chi connectivity index (χ4n) is 2.25. The number of hydrogen-bond acceptors (Lipinski definition) is 4. The highest BCUT2D eigenvalue weighted by Crippen LogP contribution is 2.15. The van der Waals surface area contributed by atoms with Gasteiger partial charge in [0.25, 0.3) is 0 Å². The molecule has 0 aromatic heterocycles. The van der Waals surface area contributed by atoms with Crippen molar-refractivity contribution in [3.05, 3.63) is 29.8 Å². The van der Waals surface area contributed by atoms with E-state index >= 15 is 0 Å². The molecule has 6 heteroatoms. The molecule has 1 aromatic rings. The maximum absolute atomic E-state index is 12.2. The Kier molecular flexibility index (Phi) is 7.93. The Bertz CT molecular complexity index is 453. The molecular formula is C15H23ClN2O2S. The number of thioether (sulfide) groups is 1. The van der Waals surface area contributed by atoms with Gasteiger partial charge in [0.1, 0.15) is 5.75 Å². The lowest BCUT2D eigenvalue weighted by Crippen LogP contribution is -2.41. The zero-order chi connectivity index (χ0) is 14.4. The molecule has 1 fully saturated rings. The summed E-state index contributed by atoms with van der Waals surface area (Å²) in [5.74, 6) is 3.19. The van der Waals surface area contributed by atoms with Gasteiger partial charge in [-0.25, -0.2) is 0 Å². The van der Waals surface area contributed by atoms with Crippen LogP contribution >= 0.6 is 24.2 Å². The van der Waals surface area contributed by atoms with Gasteiger partial charge in [0.15, 0.2) is 0 Å². The number of rotatable bonds is 5. The van der Waals surface area contributed by atoms with Gasteiger partial charge in [0, 0.05) is 44.1 Å². The summed E-state index contributed by atoms with van der Waals surface area (Å²) in [6.45, 7) is 1.62. The highest BCUT2D eigenvalue weighted by molar-refractivity contribution is 7.99. The van der Waals surface area contributed by atoms with Crippen molar-refractivity contribution >= 4 is 30.1 Å². The number of ether oxygens (including phenoxy) is 1. The quantitative estimate of drug-likeness (QED) is 0.898. The molecule has 0 spiro atoms. The molecule has 1 heterocycles. The van der Waals surface area contributed by atoms with Crippen molar-refractivity contribution in [2.45, 2.75) is 19.0 Å². The lowest BCUT2D eigenvalue weighted by Gasteiger charge is -2.25. The first kappa shape index (κ1) is 18.1. The standard InChI is InChI=1S/C15H22N2O2S.ClH/c1-17(10-12-4-3-5-14(8-12)19-2)15(18)9-13-11-20-7-6-16-13;/h3-5,8,13,16H,6-7,9-11H2,1-2H3;1H. The summed E-state index contributed by atoms with van der Waals surface area (Å²) in [5.41, 5.74) is 1.09. The molecule has 1 amide bonds. The van der Waals surface area contributed by atoms with Crippen LogP contribution in [0.25, 0.3) is 0 Å². The number of methoxy groups -OCH3 is 1. The Morgan fingerprint density at radius 3 is 3.00 bits per heavy atom. The van der Waals surface area contributed by atoms with E-state index in [1.165, 1.54) is 0 Å². The summed E-state index contributed by atoms with van der Waals surface area (Å²) in [6.07, 6.45) is 0.577. The average molecular weight is 331 g/mol. The molecule has 1 N–H and O–H groups in total. The fraction of sp³-hybridized carbons (Fsp3) is 0.533. The highest BCUT2D eigenvalue weighted by atomic mass is 35.5. The lowest BCUT2D eigenvalue weighted by atomic mass is 10.1. The molecule has 1 saturated heterocycles. The Labute approximate surface area is 137 Å². The minimum atomic E-state index is 0. The molecule has 0 saturated carbocycles. The normalized spacial score (nSPS) is 17.7. The van der Waals surface area contributed by atoms with E-state index in [9.17, 15) is 4.79 Å². The van der Waals surface area contributed by atoms with E-state index in [0.717, 1.165) is 29.4 Å². The average Bonchev–Trinajstić information content (AvgIpc) is 2.48. The van der Waals surface area contributed by atoms with Crippen LogP contribution in [-0.4, -0.2) is 49.1 Å². The third-order valence-corrected chi connectivity index (χ3v) is 4.53. The van der Waals surface area contributed by atoms with Crippen LogP contribution in [0.1, 0.15) is 12.0 Å². The summed E-state index contributed by atoms with van der Waals surface area (Å²) >= 11 is 1.92. The van der Waals surface area contributed by atoms with Gasteiger partial charge < -0.3 is 15.0 Å². The summed E-state index contributed by atoms with van der Waals surface area (Å²) in [4.78, 5) is 14.0. The van der Waals surface area contributed by atoms with Crippen LogP contribution in [0.4, 0.5) is 0 Å². The summed E-state index contributed by atoms with van der Waals surface area (Å²) < 4.78 is 5.20. The van der Waals surface area contributed by atoms with E-state index in [1.54, 1.807) is 12.0 Å². The van der Waals surface area contributed by atoms with E-state index in [1.807, 2.05) is 43.1 Å². The fourth-order valence-corrected chi connectivity index (χ4v) is 3.20. The van der Waals surface area contributed by atoms with E-state index in [4.69, 9.17) is 4.74 Å². The van der Waals surface area contributed by atoms with Crippen molar-refractivity contribution < 1.29 is 9.53 Å². The monoisotopic (exact) mass is 330 g/mol. The second-order valence-electron chi connectivity index (χ2n) is 5.03. The molecule has 0 radical (unpaired) electrons. The number of benzene rings is 1. The van der Waals surface area contributed by atoms with Gasteiger partial charge in [-0.05, 0) is 17.7 Å². The Hall–Kier alpha value is -0.910. The lowest BCUT2D eigenvalue weighted by molar-refractivity contribution is -0.130. The molecule has 1 atom stereocenters. The molecule has 4 nitrogen and oxygen atoms in total. The predicted molar refractivity (Wildman–Crippen MR) is 90.4 cm³/mol. The maximum atomic E-state index is 12.2. The predicted octanol–water partition coefficient (Wildman–Crippen LogP) is 2.17. The zero-order valence-corrected chi connectivity index (χ0v) is 14.1. The van der Waals surface area contributed by atoms with Gasteiger partial charge in [0.05, 0.1) is 7.11 Å². The molecule has 0 aliphatic carbocycles. The molecule has 1 aliphatic rings. The Morgan fingerprint density at radius 2 is 2.33 bits per heavy atom. The first-order valence-corrected chi connectivity index (χ1v) is 8.02. The van der Waals surface area contributed by atoms with Crippen LogP contribution < -0.4 is 10.1 Å². The summed E-state index contributed by atoms with van der Waals surface area (Å²) in [5, 5.41) is 3.40. The number of halogens is 1. The number of nitrogens with zero attached hydrogens (tertiary/aromatic N) is 1. The smallest absolute Gasteiger partial charge is 0.224 e. The van der Waals surface area contributed by atoms with E-state index < -0.39 is 0 Å². The van der Waals surface area contributed by atoms with Crippen molar-refractivity contribution in [1.82, 2.24) is 10.2 Å². The van der Waals surface area contributed by atoms with Crippen molar-refractivity contribution in [2.24, 2.45) is 0 Å². The second-order valence-corrected chi connectivity index (χ2v) is 6.18. The highest BCUT2D eigenvalue weighted by Gasteiger charge is 2.19. The minimum absolute atomic E-state index is 0. The maximum Gasteiger partial charge on any atom is 0.224 e. The largest absolute Gasteiger partial charge is 0.497 e. The van der Waals surface area contributed by atoms with Gasteiger partial charge in [-0.15, -0.1) is 12.4 Å². The SMILES string of the molecule is COc1cccc(CN(C)C(=O)CC2CSCCN2)c1.Cl.